The van der Waals surface area contributed by atoms with Gasteiger partial charge in [-0.3, -0.25) is 24.0 Å². The molecule has 0 saturated heterocycles. The van der Waals surface area contributed by atoms with Crippen molar-refractivity contribution in [2.45, 2.75) is 51.2 Å². The van der Waals surface area contributed by atoms with Gasteiger partial charge >= 0.3 is 6.09 Å². The Hall–Kier alpha value is -5.26. The van der Waals surface area contributed by atoms with Crippen molar-refractivity contribution in [2.24, 2.45) is 11.7 Å². The molecule has 1 unspecified atom stereocenters. The molecule has 0 spiro atoms. The number of carbonyl (C=O) groups excluding carboxylic acids is 5. The zero-order chi connectivity index (χ0) is 32.2. The van der Waals surface area contributed by atoms with Crippen molar-refractivity contribution in [3.8, 4) is 0 Å². The van der Waals surface area contributed by atoms with Crippen LogP contribution in [0.25, 0.3) is 10.8 Å². The van der Waals surface area contributed by atoms with Crippen LogP contribution in [0.1, 0.15) is 31.4 Å². The van der Waals surface area contributed by atoms with E-state index in [2.05, 4.69) is 21.3 Å². The first-order chi connectivity index (χ1) is 20.9. The lowest BCUT2D eigenvalue weighted by Crippen LogP contribution is -2.55. The fourth-order valence-corrected chi connectivity index (χ4v) is 4.66. The SMILES string of the molecule is CC(C)C[C@H](NC(=O)O)C(=O)NC(Cc1ccccc1)C(=O)C(=O)NCC(=O)N[C@@H](Cc1ccc2ccccc2c1)C(N)=O. The number of rotatable bonds is 15. The van der Waals surface area contributed by atoms with Crippen molar-refractivity contribution in [1.82, 2.24) is 21.3 Å². The molecule has 0 fully saturated rings. The van der Waals surface area contributed by atoms with Crippen LogP contribution in [0.3, 0.4) is 0 Å². The van der Waals surface area contributed by atoms with Crippen LogP contribution in [-0.4, -0.2) is 65.3 Å². The summed E-state index contributed by atoms with van der Waals surface area (Å²) in [6.45, 7) is 2.98. The minimum atomic E-state index is -1.41. The number of amides is 5. The van der Waals surface area contributed by atoms with Gasteiger partial charge in [0.05, 0.1) is 6.54 Å². The van der Waals surface area contributed by atoms with Crippen LogP contribution in [0.15, 0.2) is 72.8 Å². The number of ketones is 1. The van der Waals surface area contributed by atoms with Gasteiger partial charge in [-0.15, -0.1) is 0 Å². The average molecular weight is 604 g/mol. The smallest absolute Gasteiger partial charge is 0.405 e. The van der Waals surface area contributed by atoms with Gasteiger partial charge in [0.25, 0.3) is 5.91 Å². The Morgan fingerprint density at radius 3 is 2.00 bits per heavy atom. The van der Waals surface area contributed by atoms with E-state index in [1.165, 1.54) is 0 Å². The maximum atomic E-state index is 13.2. The van der Waals surface area contributed by atoms with E-state index in [-0.39, 0.29) is 25.2 Å². The number of primary amides is 1. The molecule has 0 aliphatic heterocycles. The third-order valence-corrected chi connectivity index (χ3v) is 6.80. The molecule has 0 aliphatic rings. The van der Waals surface area contributed by atoms with Gasteiger partial charge in [0, 0.05) is 12.8 Å². The standard InChI is InChI=1S/C32H37N5O7/c1-19(2)14-26(37-32(43)44)30(41)36-24(16-20-8-4-3-5-9-20)28(39)31(42)34-18-27(38)35-25(29(33)40)17-21-12-13-22-10-6-7-11-23(22)15-21/h3-13,15,19,24-26,37H,14,16-18H2,1-2H3,(H2,33,40)(H,34,42)(H,35,38)(H,36,41)(H,43,44)/t24?,25-,26-/m0/s1. The van der Waals surface area contributed by atoms with Gasteiger partial charge < -0.3 is 32.1 Å². The number of nitrogens with two attached hydrogens (primary N) is 1. The fourth-order valence-electron chi connectivity index (χ4n) is 4.66. The van der Waals surface area contributed by atoms with Crippen LogP contribution < -0.4 is 27.0 Å². The molecule has 3 aromatic rings. The second kappa shape index (κ2) is 15.8. The van der Waals surface area contributed by atoms with Crippen LogP contribution in [0, 0.1) is 5.92 Å². The van der Waals surface area contributed by atoms with E-state index in [1.54, 1.807) is 44.2 Å². The van der Waals surface area contributed by atoms with Crippen LogP contribution in [-0.2, 0) is 36.8 Å². The molecule has 44 heavy (non-hydrogen) atoms. The van der Waals surface area contributed by atoms with Crippen molar-refractivity contribution < 1.29 is 33.9 Å². The summed E-state index contributed by atoms with van der Waals surface area (Å²) < 4.78 is 0. The highest BCUT2D eigenvalue weighted by molar-refractivity contribution is 6.38. The summed E-state index contributed by atoms with van der Waals surface area (Å²) in [6.07, 6.45) is -1.18. The van der Waals surface area contributed by atoms with Crippen molar-refractivity contribution in [3.63, 3.8) is 0 Å². The summed E-state index contributed by atoms with van der Waals surface area (Å²) >= 11 is 0. The average Bonchev–Trinajstić information content (AvgIpc) is 2.98. The number of nitrogens with one attached hydrogen (secondary N) is 4. The topological polar surface area (TPSA) is 197 Å². The molecule has 0 aliphatic carbocycles. The molecule has 3 rings (SSSR count). The number of fused-ring (bicyclic) bond motifs is 1. The highest BCUT2D eigenvalue weighted by Crippen LogP contribution is 2.17. The molecule has 0 saturated carbocycles. The second-order valence-corrected chi connectivity index (χ2v) is 10.8. The lowest BCUT2D eigenvalue weighted by molar-refractivity contribution is -0.140. The van der Waals surface area contributed by atoms with Gasteiger partial charge in [0.15, 0.2) is 0 Å². The Morgan fingerprint density at radius 1 is 0.727 bits per heavy atom. The van der Waals surface area contributed by atoms with Gasteiger partial charge in [0.1, 0.15) is 18.1 Å². The van der Waals surface area contributed by atoms with Gasteiger partial charge in [-0.1, -0.05) is 86.6 Å². The van der Waals surface area contributed by atoms with E-state index in [1.807, 2.05) is 42.5 Å². The summed E-state index contributed by atoms with van der Waals surface area (Å²) in [5.74, 6) is -4.51. The Morgan fingerprint density at radius 2 is 1.36 bits per heavy atom. The Labute approximate surface area is 254 Å². The molecule has 232 valence electrons. The quantitative estimate of drug-likeness (QED) is 0.141. The molecule has 3 aromatic carbocycles. The van der Waals surface area contributed by atoms with E-state index in [0.717, 1.165) is 16.3 Å². The summed E-state index contributed by atoms with van der Waals surface area (Å²) in [5.41, 5.74) is 6.92. The molecule has 7 N–H and O–H groups in total. The maximum Gasteiger partial charge on any atom is 0.405 e. The first-order valence-corrected chi connectivity index (χ1v) is 14.1. The number of carboxylic acid groups (broad SMARTS) is 1. The number of Topliss-reactive ketones (excluding diaryl/α,β-unsaturated/α-hetero) is 1. The maximum absolute atomic E-state index is 13.2. The van der Waals surface area contributed by atoms with Crippen molar-refractivity contribution in [3.05, 3.63) is 83.9 Å². The Bertz CT molecular complexity index is 1510. The van der Waals surface area contributed by atoms with Gasteiger partial charge in [0.2, 0.25) is 23.5 Å². The zero-order valence-corrected chi connectivity index (χ0v) is 24.5. The molecular formula is C32H37N5O7. The van der Waals surface area contributed by atoms with E-state index in [0.29, 0.717) is 5.56 Å². The lowest BCUT2D eigenvalue weighted by Gasteiger charge is -2.23. The lowest BCUT2D eigenvalue weighted by atomic mass is 9.99. The fraction of sp³-hybridized carbons (Fsp3) is 0.312. The first kappa shape index (κ1) is 33.2. The van der Waals surface area contributed by atoms with Gasteiger partial charge in [-0.25, -0.2) is 4.79 Å². The molecular weight excluding hydrogens is 566 g/mol. The minimum Gasteiger partial charge on any atom is -0.465 e. The molecule has 0 aromatic heterocycles. The summed E-state index contributed by atoms with van der Waals surface area (Å²) in [7, 11) is 0. The third-order valence-electron chi connectivity index (χ3n) is 6.80. The van der Waals surface area contributed by atoms with E-state index < -0.39 is 60.2 Å². The predicted molar refractivity (Wildman–Crippen MR) is 163 cm³/mol. The number of benzene rings is 3. The monoisotopic (exact) mass is 603 g/mol. The minimum absolute atomic E-state index is 0.0480. The summed E-state index contributed by atoms with van der Waals surface area (Å²) in [6, 6.07) is 18.3. The van der Waals surface area contributed by atoms with Crippen LogP contribution >= 0.6 is 0 Å². The van der Waals surface area contributed by atoms with Gasteiger partial charge in [-0.2, -0.15) is 0 Å². The van der Waals surface area contributed by atoms with Crippen LogP contribution in [0.5, 0.6) is 0 Å². The first-order valence-electron chi connectivity index (χ1n) is 14.1. The summed E-state index contributed by atoms with van der Waals surface area (Å²) in [4.78, 5) is 75.0. The van der Waals surface area contributed by atoms with E-state index in [9.17, 15) is 28.8 Å². The highest BCUT2D eigenvalue weighted by atomic mass is 16.4. The zero-order valence-electron chi connectivity index (χ0n) is 24.5. The second-order valence-electron chi connectivity index (χ2n) is 10.8. The number of hydrogen-bond acceptors (Lipinski definition) is 6. The molecule has 3 atom stereocenters. The Balaban J connectivity index is 1.65. The Kier molecular flexibility index (Phi) is 12.0. The van der Waals surface area contributed by atoms with Crippen LogP contribution in [0.2, 0.25) is 0 Å². The van der Waals surface area contributed by atoms with Crippen LogP contribution in [0.4, 0.5) is 4.79 Å². The molecule has 0 radical (unpaired) electrons. The largest absolute Gasteiger partial charge is 0.465 e. The van der Waals surface area contributed by atoms with E-state index >= 15 is 0 Å². The molecule has 12 nitrogen and oxygen atoms in total. The van der Waals surface area contributed by atoms with Crippen molar-refractivity contribution in [2.75, 3.05) is 6.54 Å². The number of hydrogen-bond donors (Lipinski definition) is 6. The number of carbonyl (C=O) groups is 6. The van der Waals surface area contributed by atoms with E-state index in [4.69, 9.17) is 10.8 Å². The normalized spacial score (nSPS) is 12.9. The predicted octanol–water partition coefficient (Wildman–Crippen LogP) is 1.45. The van der Waals surface area contributed by atoms with Gasteiger partial charge in [-0.05, 0) is 34.2 Å². The molecule has 0 bridgehead atoms. The van der Waals surface area contributed by atoms with Crippen molar-refractivity contribution >= 4 is 46.3 Å². The molecule has 12 heteroatoms. The highest BCUT2D eigenvalue weighted by Gasteiger charge is 2.31. The molecule has 0 heterocycles. The third kappa shape index (κ3) is 10.2. The summed E-state index contributed by atoms with van der Waals surface area (Å²) in [5, 5.41) is 20.5. The van der Waals surface area contributed by atoms with Crippen molar-refractivity contribution in [1.29, 1.82) is 0 Å². The molecule has 5 amide bonds.